The van der Waals surface area contributed by atoms with Gasteiger partial charge in [-0.25, -0.2) is 0 Å². The van der Waals surface area contributed by atoms with Gasteiger partial charge in [0.2, 0.25) is 0 Å². The van der Waals surface area contributed by atoms with E-state index < -0.39 is 0 Å². The van der Waals surface area contributed by atoms with Gasteiger partial charge in [-0.15, -0.1) is 0 Å². The first kappa shape index (κ1) is 22.4. The van der Waals surface area contributed by atoms with Crippen LogP contribution in [0.2, 0.25) is 0 Å². The van der Waals surface area contributed by atoms with Crippen molar-refractivity contribution in [1.82, 2.24) is 0 Å². The van der Waals surface area contributed by atoms with Crippen molar-refractivity contribution in [2.75, 3.05) is 7.11 Å². The van der Waals surface area contributed by atoms with Crippen LogP contribution in [0.25, 0.3) is 0 Å². The van der Waals surface area contributed by atoms with Gasteiger partial charge in [-0.1, -0.05) is 0 Å². The molecule has 0 spiro atoms. The molecule has 0 aromatic carbocycles. The Labute approximate surface area is 41.3 Å². The summed E-state index contributed by atoms with van der Waals surface area (Å²) in [5.41, 5.74) is 0. The Morgan fingerprint density at radius 3 is 1.25 bits per heavy atom. The van der Waals surface area contributed by atoms with Gasteiger partial charge in [-0.3, -0.25) is 0 Å². The molecule has 2 N–H and O–H groups in total. The molecule has 0 aromatic rings. The van der Waals surface area contributed by atoms with Crippen molar-refractivity contribution in [1.29, 1.82) is 0 Å². The summed E-state index contributed by atoms with van der Waals surface area (Å²) < 4.78 is 0. The van der Waals surface area contributed by atoms with Gasteiger partial charge < -0.3 is 10.6 Å². The molecule has 0 amide bonds. The van der Waals surface area contributed by atoms with Crippen molar-refractivity contribution >= 4 is 23.1 Å². The molecule has 0 fully saturated rings. The second-order valence-corrected chi connectivity index (χ2v) is 0. The molecule has 22 valence electrons. The monoisotopic (exact) mass is 73.0 g/mol. The van der Waals surface area contributed by atoms with Gasteiger partial charge in [0.1, 0.15) is 0 Å². The predicted molar refractivity (Wildman–Crippen MR) is 15.8 cm³/mol. The molecule has 0 bridgehead atoms. The summed E-state index contributed by atoms with van der Waals surface area (Å²) in [5, 5.41) is 7.00. The zero-order chi connectivity index (χ0) is 2.00. The van der Waals surface area contributed by atoms with E-state index in [1.165, 1.54) is 0 Å². The van der Waals surface area contributed by atoms with Gasteiger partial charge in [0, 0.05) is 7.11 Å². The standard InChI is InChI=1S/CH4O.Mg.H2O/c1-2;;/h2H,1H3;;1H2/q;+2;/p-1. The van der Waals surface area contributed by atoms with E-state index >= 15 is 0 Å². The maximum Gasteiger partial charge on any atom is 2.00 e. The van der Waals surface area contributed by atoms with Crippen molar-refractivity contribution < 1.29 is 10.6 Å². The van der Waals surface area contributed by atoms with E-state index in [1.807, 2.05) is 0 Å². The smallest absolute Gasteiger partial charge is 0.870 e. The third-order valence-corrected chi connectivity index (χ3v) is 0. The molecule has 4 heavy (non-hydrogen) atoms. The van der Waals surface area contributed by atoms with E-state index in [0.29, 0.717) is 0 Å². The van der Waals surface area contributed by atoms with Crippen molar-refractivity contribution in [2.45, 2.75) is 0 Å². The number of aliphatic hydroxyl groups is 1. The van der Waals surface area contributed by atoms with Crippen molar-refractivity contribution in [3.05, 3.63) is 0 Å². The first-order valence-electron chi connectivity index (χ1n) is 0.447. The van der Waals surface area contributed by atoms with E-state index in [-0.39, 0.29) is 28.5 Å². The molecule has 0 saturated carbocycles. The summed E-state index contributed by atoms with van der Waals surface area (Å²) in [7, 11) is 1.00. The summed E-state index contributed by atoms with van der Waals surface area (Å²) in [5.74, 6) is 0. The quantitative estimate of drug-likeness (QED) is 0.376. The van der Waals surface area contributed by atoms with Crippen LogP contribution in [-0.2, 0) is 0 Å². The molecule has 0 aliphatic heterocycles. The normalized spacial score (nSPS) is 1.50. The average Bonchev–Trinajstić information content (AvgIpc) is 1.00. The molecule has 0 aliphatic rings. The van der Waals surface area contributed by atoms with Gasteiger partial charge in [0.25, 0.3) is 0 Å². The Morgan fingerprint density at radius 2 is 1.25 bits per heavy atom. The molecule has 0 atom stereocenters. The third kappa shape index (κ3) is 16.2. The maximum absolute atomic E-state index is 7.00. The predicted octanol–water partition coefficient (Wildman–Crippen LogP) is -0.949. The van der Waals surface area contributed by atoms with Crippen molar-refractivity contribution in [3.63, 3.8) is 0 Å². The van der Waals surface area contributed by atoms with Gasteiger partial charge in [0.15, 0.2) is 0 Å². The molecule has 0 aliphatic carbocycles. The van der Waals surface area contributed by atoms with E-state index in [0.717, 1.165) is 7.11 Å². The number of aliphatic hydroxyl groups excluding tert-OH is 1. The SMILES string of the molecule is CO.[Mg+2].[OH-]. The van der Waals surface area contributed by atoms with Gasteiger partial charge in [-0.2, -0.15) is 0 Å². The van der Waals surface area contributed by atoms with Gasteiger partial charge >= 0.3 is 23.1 Å². The molecular formula is CH5MgO2+. The summed E-state index contributed by atoms with van der Waals surface area (Å²) in [6.07, 6.45) is 0. The number of rotatable bonds is 0. The van der Waals surface area contributed by atoms with Crippen molar-refractivity contribution in [2.24, 2.45) is 0 Å². The van der Waals surface area contributed by atoms with Crippen LogP contribution in [0.5, 0.6) is 0 Å². The van der Waals surface area contributed by atoms with Crippen LogP contribution in [-0.4, -0.2) is 40.7 Å². The van der Waals surface area contributed by atoms with Crippen LogP contribution in [0, 0.1) is 0 Å². The van der Waals surface area contributed by atoms with E-state index in [2.05, 4.69) is 0 Å². The molecule has 0 saturated heterocycles. The Bertz CT molecular complexity index is 6.00. The molecule has 0 heterocycles. The largest absolute Gasteiger partial charge is 2.00 e. The minimum absolute atomic E-state index is 0. The Hall–Kier alpha value is 0.686. The second-order valence-electron chi connectivity index (χ2n) is 0. The van der Waals surface area contributed by atoms with Crippen LogP contribution in [0.15, 0.2) is 0 Å². The first-order chi connectivity index (χ1) is 1.00. The summed E-state index contributed by atoms with van der Waals surface area (Å²) >= 11 is 0. The molecule has 0 unspecified atom stereocenters. The van der Waals surface area contributed by atoms with Crippen LogP contribution < -0.4 is 0 Å². The Morgan fingerprint density at radius 1 is 1.25 bits per heavy atom. The topological polar surface area (TPSA) is 50.2 Å². The molecule has 0 aromatic heterocycles. The van der Waals surface area contributed by atoms with Gasteiger partial charge in [0.05, 0.1) is 0 Å². The molecule has 3 heteroatoms. The zero-order valence-electron chi connectivity index (χ0n) is 2.60. The Kier molecular flexibility index (Phi) is 316. The van der Waals surface area contributed by atoms with Crippen LogP contribution in [0.4, 0.5) is 0 Å². The second kappa shape index (κ2) is 56.5. The zero-order valence-corrected chi connectivity index (χ0v) is 4.02. The number of hydrogen-bond acceptors (Lipinski definition) is 2. The minimum atomic E-state index is 0. The average molecular weight is 73.4 g/mol. The van der Waals surface area contributed by atoms with Gasteiger partial charge in [-0.05, 0) is 0 Å². The van der Waals surface area contributed by atoms with E-state index in [9.17, 15) is 0 Å². The van der Waals surface area contributed by atoms with Crippen LogP contribution >= 0.6 is 0 Å². The minimum Gasteiger partial charge on any atom is -0.870 e. The summed E-state index contributed by atoms with van der Waals surface area (Å²) in [6, 6.07) is 0. The molecular weight excluding hydrogens is 68.3 g/mol. The Balaban J connectivity index is -0.00000000500. The van der Waals surface area contributed by atoms with E-state index in [1.54, 1.807) is 0 Å². The summed E-state index contributed by atoms with van der Waals surface area (Å²) in [4.78, 5) is 0. The molecule has 2 nitrogen and oxygen atoms in total. The summed E-state index contributed by atoms with van der Waals surface area (Å²) in [6.45, 7) is 0. The third-order valence-electron chi connectivity index (χ3n) is 0. The fraction of sp³-hybridized carbons (Fsp3) is 1.00. The fourth-order valence-electron chi connectivity index (χ4n) is 0. The van der Waals surface area contributed by atoms with Crippen LogP contribution in [0.1, 0.15) is 0 Å². The van der Waals surface area contributed by atoms with Crippen LogP contribution in [0.3, 0.4) is 0 Å². The van der Waals surface area contributed by atoms with Crippen molar-refractivity contribution in [3.8, 4) is 0 Å². The molecule has 0 rings (SSSR count). The maximum atomic E-state index is 7.00. The first-order valence-corrected chi connectivity index (χ1v) is 0.447. The number of hydrogen-bond donors (Lipinski definition) is 1. The van der Waals surface area contributed by atoms with E-state index in [4.69, 9.17) is 5.11 Å². The fourth-order valence-corrected chi connectivity index (χ4v) is 0. The molecule has 0 radical (unpaired) electrons.